The van der Waals surface area contributed by atoms with Gasteiger partial charge in [-0.15, -0.1) is 0 Å². The van der Waals surface area contributed by atoms with Gasteiger partial charge in [0.1, 0.15) is 0 Å². The molecule has 1 saturated carbocycles. The third-order valence-corrected chi connectivity index (χ3v) is 4.10. The molecular formula is C16H26N2. The van der Waals surface area contributed by atoms with Crippen molar-refractivity contribution in [3.8, 4) is 0 Å². The van der Waals surface area contributed by atoms with Crippen LogP contribution in [-0.2, 0) is 5.41 Å². The Bertz CT molecular complexity index is 339. The molecule has 100 valence electrons. The summed E-state index contributed by atoms with van der Waals surface area (Å²) in [7, 11) is 0. The second-order valence-corrected chi connectivity index (χ2v) is 6.11. The molecule has 1 aliphatic carbocycles. The fourth-order valence-electron chi connectivity index (χ4n) is 3.07. The van der Waals surface area contributed by atoms with Crippen LogP contribution in [0, 0.1) is 5.92 Å². The Morgan fingerprint density at radius 3 is 2.67 bits per heavy atom. The van der Waals surface area contributed by atoms with Gasteiger partial charge in [0.2, 0.25) is 0 Å². The van der Waals surface area contributed by atoms with Crippen LogP contribution in [0.4, 0.5) is 0 Å². The van der Waals surface area contributed by atoms with Crippen LogP contribution in [0.2, 0.25) is 0 Å². The van der Waals surface area contributed by atoms with Gasteiger partial charge in [-0.2, -0.15) is 0 Å². The molecular weight excluding hydrogens is 220 g/mol. The van der Waals surface area contributed by atoms with Crippen LogP contribution in [-0.4, -0.2) is 18.1 Å². The lowest BCUT2D eigenvalue weighted by Crippen LogP contribution is -2.41. The van der Waals surface area contributed by atoms with Crippen molar-refractivity contribution in [2.75, 3.05) is 13.1 Å². The summed E-state index contributed by atoms with van der Waals surface area (Å²) in [6.45, 7) is 6.76. The van der Waals surface area contributed by atoms with Gasteiger partial charge >= 0.3 is 0 Å². The summed E-state index contributed by atoms with van der Waals surface area (Å²) in [5.74, 6) is 0.722. The highest BCUT2D eigenvalue weighted by molar-refractivity contribution is 5.23. The molecule has 1 aromatic rings. The molecule has 0 bridgehead atoms. The molecule has 0 amide bonds. The van der Waals surface area contributed by atoms with E-state index in [4.69, 9.17) is 0 Å². The van der Waals surface area contributed by atoms with Crippen molar-refractivity contribution in [1.29, 1.82) is 0 Å². The molecule has 0 aromatic carbocycles. The van der Waals surface area contributed by atoms with Gasteiger partial charge in [0.15, 0.2) is 0 Å². The average Bonchev–Trinajstić information content (AvgIpc) is 2.40. The Labute approximate surface area is 111 Å². The monoisotopic (exact) mass is 246 g/mol. The Kier molecular flexibility index (Phi) is 4.76. The largest absolute Gasteiger partial charge is 0.316 e. The van der Waals surface area contributed by atoms with Gasteiger partial charge in [-0.05, 0) is 36.9 Å². The first kappa shape index (κ1) is 13.5. The zero-order valence-corrected chi connectivity index (χ0v) is 11.8. The number of hydrogen-bond acceptors (Lipinski definition) is 2. The highest BCUT2D eigenvalue weighted by Gasteiger charge is 2.33. The van der Waals surface area contributed by atoms with Crippen LogP contribution in [0.25, 0.3) is 0 Å². The first-order valence-electron chi connectivity index (χ1n) is 7.34. The minimum Gasteiger partial charge on any atom is -0.316 e. The zero-order valence-electron chi connectivity index (χ0n) is 11.8. The summed E-state index contributed by atoms with van der Waals surface area (Å²) in [6.07, 6.45) is 10.7. The molecule has 1 aliphatic rings. The minimum absolute atomic E-state index is 0.335. The number of rotatable bonds is 5. The summed E-state index contributed by atoms with van der Waals surface area (Å²) >= 11 is 0. The SMILES string of the molecule is CC(C)CNCC1(c2cccnc2)CCCCC1. The topological polar surface area (TPSA) is 24.9 Å². The molecule has 0 radical (unpaired) electrons. The molecule has 1 heterocycles. The molecule has 1 aromatic heterocycles. The Hall–Kier alpha value is -0.890. The lowest BCUT2D eigenvalue weighted by atomic mass is 9.70. The van der Waals surface area contributed by atoms with E-state index >= 15 is 0 Å². The quantitative estimate of drug-likeness (QED) is 0.859. The standard InChI is InChI=1S/C16H26N2/c1-14(2)11-18-13-16(8-4-3-5-9-16)15-7-6-10-17-12-15/h6-7,10,12,14,18H,3-5,8-9,11,13H2,1-2H3. The van der Waals surface area contributed by atoms with Gasteiger partial charge in [-0.3, -0.25) is 4.98 Å². The molecule has 0 aliphatic heterocycles. The van der Waals surface area contributed by atoms with Gasteiger partial charge in [0, 0.05) is 24.4 Å². The fraction of sp³-hybridized carbons (Fsp3) is 0.688. The van der Waals surface area contributed by atoms with Crippen molar-refractivity contribution in [2.45, 2.75) is 51.4 Å². The van der Waals surface area contributed by atoms with Crippen molar-refractivity contribution < 1.29 is 0 Å². The van der Waals surface area contributed by atoms with Crippen molar-refractivity contribution >= 4 is 0 Å². The maximum absolute atomic E-state index is 4.32. The van der Waals surface area contributed by atoms with Gasteiger partial charge in [-0.1, -0.05) is 39.2 Å². The minimum atomic E-state index is 0.335. The molecule has 0 saturated heterocycles. The van der Waals surface area contributed by atoms with E-state index < -0.39 is 0 Å². The molecule has 2 rings (SSSR count). The van der Waals surface area contributed by atoms with Crippen molar-refractivity contribution in [3.63, 3.8) is 0 Å². The fourth-order valence-corrected chi connectivity index (χ4v) is 3.07. The van der Waals surface area contributed by atoms with Crippen LogP contribution < -0.4 is 5.32 Å². The normalized spacial score (nSPS) is 19.1. The first-order valence-corrected chi connectivity index (χ1v) is 7.34. The van der Waals surface area contributed by atoms with Gasteiger partial charge < -0.3 is 5.32 Å². The highest BCUT2D eigenvalue weighted by atomic mass is 14.9. The van der Waals surface area contributed by atoms with E-state index in [1.807, 2.05) is 6.20 Å². The van der Waals surface area contributed by atoms with Crippen LogP contribution in [0.5, 0.6) is 0 Å². The second-order valence-electron chi connectivity index (χ2n) is 6.11. The summed E-state index contributed by atoms with van der Waals surface area (Å²) in [4.78, 5) is 4.32. The number of pyridine rings is 1. The number of aromatic nitrogens is 1. The smallest absolute Gasteiger partial charge is 0.0306 e. The predicted octanol–water partition coefficient (Wildman–Crippen LogP) is 3.53. The Morgan fingerprint density at radius 2 is 2.06 bits per heavy atom. The van der Waals surface area contributed by atoms with Gasteiger partial charge in [0.05, 0.1) is 0 Å². The van der Waals surface area contributed by atoms with Crippen LogP contribution in [0.3, 0.4) is 0 Å². The highest BCUT2D eigenvalue weighted by Crippen LogP contribution is 2.38. The molecule has 0 unspecified atom stereocenters. The van der Waals surface area contributed by atoms with Crippen molar-refractivity contribution in [3.05, 3.63) is 30.1 Å². The van der Waals surface area contributed by atoms with Crippen LogP contribution in [0.1, 0.15) is 51.5 Å². The summed E-state index contributed by atoms with van der Waals surface area (Å²) in [6, 6.07) is 4.34. The van der Waals surface area contributed by atoms with E-state index in [1.165, 1.54) is 37.7 Å². The number of nitrogens with one attached hydrogen (secondary N) is 1. The maximum Gasteiger partial charge on any atom is 0.0306 e. The third-order valence-electron chi connectivity index (χ3n) is 4.10. The van der Waals surface area contributed by atoms with E-state index in [2.05, 4.69) is 42.5 Å². The first-order chi connectivity index (χ1) is 8.73. The maximum atomic E-state index is 4.32. The van der Waals surface area contributed by atoms with Crippen molar-refractivity contribution in [2.24, 2.45) is 5.92 Å². The predicted molar refractivity (Wildman–Crippen MR) is 76.7 cm³/mol. The van der Waals surface area contributed by atoms with E-state index in [1.54, 1.807) is 0 Å². The van der Waals surface area contributed by atoms with Crippen molar-refractivity contribution in [1.82, 2.24) is 10.3 Å². The number of nitrogens with zero attached hydrogens (tertiary/aromatic N) is 1. The zero-order chi connectivity index (χ0) is 12.8. The molecule has 2 heteroatoms. The lowest BCUT2D eigenvalue weighted by molar-refractivity contribution is 0.276. The van der Waals surface area contributed by atoms with E-state index in [-0.39, 0.29) is 0 Å². The second kappa shape index (κ2) is 6.33. The molecule has 1 fully saturated rings. The van der Waals surface area contributed by atoms with E-state index in [9.17, 15) is 0 Å². The van der Waals surface area contributed by atoms with Gasteiger partial charge in [-0.25, -0.2) is 0 Å². The molecule has 0 atom stereocenters. The summed E-state index contributed by atoms with van der Waals surface area (Å²) in [5.41, 5.74) is 1.77. The third kappa shape index (κ3) is 3.32. The lowest BCUT2D eigenvalue weighted by Gasteiger charge is -2.38. The molecule has 18 heavy (non-hydrogen) atoms. The molecule has 1 N–H and O–H groups in total. The average molecular weight is 246 g/mol. The molecule has 2 nitrogen and oxygen atoms in total. The van der Waals surface area contributed by atoms with Crippen LogP contribution in [0.15, 0.2) is 24.5 Å². The summed E-state index contributed by atoms with van der Waals surface area (Å²) < 4.78 is 0. The van der Waals surface area contributed by atoms with Crippen LogP contribution >= 0.6 is 0 Å². The van der Waals surface area contributed by atoms with E-state index in [0.29, 0.717) is 5.41 Å². The summed E-state index contributed by atoms with van der Waals surface area (Å²) in [5, 5.41) is 3.67. The molecule has 0 spiro atoms. The van der Waals surface area contributed by atoms with Gasteiger partial charge in [0.25, 0.3) is 0 Å². The Balaban J connectivity index is 2.08. The Morgan fingerprint density at radius 1 is 1.28 bits per heavy atom. The number of hydrogen-bond donors (Lipinski definition) is 1. The van der Waals surface area contributed by atoms with E-state index in [0.717, 1.165) is 19.0 Å².